The first-order valence-electron chi connectivity index (χ1n) is 9.05. The fraction of sp³-hybridized carbons (Fsp3) is 0.500. The van der Waals surface area contributed by atoms with E-state index in [-0.39, 0.29) is 6.61 Å². The van der Waals surface area contributed by atoms with Gasteiger partial charge in [0.2, 0.25) is 0 Å². The number of hydrogen-bond donors (Lipinski definition) is 3. The van der Waals surface area contributed by atoms with Crippen LogP contribution in [0.4, 0.5) is 36.8 Å². The van der Waals surface area contributed by atoms with E-state index >= 15 is 0 Å². The summed E-state index contributed by atoms with van der Waals surface area (Å²) in [5.74, 6) is -4.08. The van der Waals surface area contributed by atoms with E-state index in [0.717, 1.165) is 0 Å². The number of anilines is 1. The number of methoxy groups -OCH3 is 1. The molecule has 0 saturated heterocycles. The standard InChI is InChI=1S/C18H20F6N2O7/c1-4-32-13(28)16(18(22,23)24,26-14(29)33-5-2)25-11-8-6-10(7-9-11)15(30,12(27)31-3)17(19,20)21/h6-9,25,30H,4-5H2,1-3H3,(H,26,29)/t15-,16-/m1/s1. The zero-order chi connectivity index (χ0) is 25.7. The number of alkyl halides is 6. The van der Waals surface area contributed by atoms with Crippen molar-refractivity contribution in [1.82, 2.24) is 5.32 Å². The van der Waals surface area contributed by atoms with Gasteiger partial charge in [0.1, 0.15) is 0 Å². The lowest BCUT2D eigenvalue weighted by atomic mass is 9.93. The fourth-order valence-corrected chi connectivity index (χ4v) is 2.51. The summed E-state index contributed by atoms with van der Waals surface area (Å²) in [5, 5.41) is 12.9. The van der Waals surface area contributed by atoms with Crippen LogP contribution in [0.1, 0.15) is 19.4 Å². The molecular weight excluding hydrogens is 470 g/mol. The maximum Gasteiger partial charge on any atom is 0.442 e. The van der Waals surface area contributed by atoms with Gasteiger partial charge in [0.25, 0.3) is 5.60 Å². The first-order valence-corrected chi connectivity index (χ1v) is 9.05. The molecule has 0 aromatic heterocycles. The fourth-order valence-electron chi connectivity index (χ4n) is 2.51. The van der Waals surface area contributed by atoms with Gasteiger partial charge in [0.15, 0.2) is 0 Å². The molecule has 0 heterocycles. The summed E-state index contributed by atoms with van der Waals surface area (Å²) in [5.41, 5.74) is -9.74. The van der Waals surface area contributed by atoms with E-state index in [1.54, 1.807) is 5.32 Å². The number of hydrogen-bond acceptors (Lipinski definition) is 8. The molecule has 186 valence electrons. The van der Waals surface area contributed by atoms with Crippen LogP contribution in [0.3, 0.4) is 0 Å². The van der Waals surface area contributed by atoms with Crippen molar-refractivity contribution in [3.05, 3.63) is 29.8 Å². The Kier molecular flexibility index (Phi) is 8.55. The highest BCUT2D eigenvalue weighted by atomic mass is 19.4. The normalized spacial score (nSPS) is 15.5. The predicted octanol–water partition coefficient (Wildman–Crippen LogP) is 2.59. The number of aliphatic hydroxyl groups is 1. The smallest absolute Gasteiger partial charge is 0.442 e. The highest BCUT2D eigenvalue weighted by molar-refractivity contribution is 5.89. The highest BCUT2D eigenvalue weighted by Gasteiger charge is 2.64. The zero-order valence-corrected chi connectivity index (χ0v) is 17.4. The van der Waals surface area contributed by atoms with Crippen LogP contribution < -0.4 is 10.6 Å². The lowest BCUT2D eigenvalue weighted by molar-refractivity contribution is -0.266. The monoisotopic (exact) mass is 490 g/mol. The molecule has 0 aliphatic heterocycles. The molecule has 0 fully saturated rings. The van der Waals surface area contributed by atoms with Crippen LogP contribution in [0.5, 0.6) is 0 Å². The molecule has 2 atom stereocenters. The number of halogens is 6. The molecular formula is C18H20F6N2O7. The minimum absolute atomic E-state index is 0.346. The van der Waals surface area contributed by atoms with Gasteiger partial charge in [-0.25, -0.2) is 14.4 Å². The molecule has 0 unspecified atom stereocenters. The molecule has 3 N–H and O–H groups in total. The van der Waals surface area contributed by atoms with E-state index in [4.69, 9.17) is 0 Å². The van der Waals surface area contributed by atoms with Crippen LogP contribution in [-0.2, 0) is 29.4 Å². The van der Waals surface area contributed by atoms with Crippen molar-refractivity contribution in [2.24, 2.45) is 0 Å². The van der Waals surface area contributed by atoms with Gasteiger partial charge < -0.3 is 24.6 Å². The molecule has 1 amide bonds. The molecule has 0 radical (unpaired) electrons. The van der Waals surface area contributed by atoms with Gasteiger partial charge in [-0.1, -0.05) is 12.1 Å². The summed E-state index contributed by atoms with van der Waals surface area (Å²) in [4.78, 5) is 35.5. The van der Waals surface area contributed by atoms with Crippen LogP contribution in [0.25, 0.3) is 0 Å². The third kappa shape index (κ3) is 5.58. The Morgan fingerprint density at radius 3 is 1.79 bits per heavy atom. The van der Waals surface area contributed by atoms with Crippen LogP contribution in [-0.4, -0.2) is 61.5 Å². The van der Waals surface area contributed by atoms with Gasteiger partial charge in [0, 0.05) is 11.3 Å². The number of benzene rings is 1. The Hall–Kier alpha value is -3.23. The second-order valence-corrected chi connectivity index (χ2v) is 6.22. The van der Waals surface area contributed by atoms with Crippen molar-refractivity contribution in [2.75, 3.05) is 25.6 Å². The van der Waals surface area contributed by atoms with E-state index in [0.29, 0.717) is 31.4 Å². The zero-order valence-electron chi connectivity index (χ0n) is 17.4. The molecule has 1 rings (SSSR count). The van der Waals surface area contributed by atoms with Crippen molar-refractivity contribution in [2.45, 2.75) is 37.5 Å². The van der Waals surface area contributed by atoms with Gasteiger partial charge in [-0.2, -0.15) is 26.3 Å². The lowest BCUT2D eigenvalue weighted by Gasteiger charge is -2.35. The topological polar surface area (TPSA) is 123 Å². The first-order chi connectivity index (χ1) is 15.1. The lowest BCUT2D eigenvalue weighted by Crippen LogP contribution is -2.69. The second-order valence-electron chi connectivity index (χ2n) is 6.22. The predicted molar refractivity (Wildman–Crippen MR) is 97.6 cm³/mol. The number of carbonyl (C=O) groups excluding carboxylic acids is 3. The summed E-state index contributed by atoms with van der Waals surface area (Å²) in [7, 11) is 0.590. The van der Waals surface area contributed by atoms with Crippen LogP contribution in [0.15, 0.2) is 24.3 Å². The van der Waals surface area contributed by atoms with Crippen LogP contribution in [0.2, 0.25) is 0 Å². The number of nitrogens with one attached hydrogen (secondary N) is 2. The number of carbonyl (C=O) groups is 3. The Balaban J connectivity index is 3.51. The van der Waals surface area contributed by atoms with Crippen molar-refractivity contribution in [3.63, 3.8) is 0 Å². The molecule has 1 aromatic rings. The maximum absolute atomic E-state index is 13.9. The maximum atomic E-state index is 13.9. The molecule has 9 nitrogen and oxygen atoms in total. The average molecular weight is 490 g/mol. The van der Waals surface area contributed by atoms with Gasteiger partial charge in [-0.3, -0.25) is 5.32 Å². The third-order valence-corrected chi connectivity index (χ3v) is 4.10. The first kappa shape index (κ1) is 27.8. The molecule has 1 aromatic carbocycles. The third-order valence-electron chi connectivity index (χ3n) is 4.10. The van der Waals surface area contributed by atoms with Crippen LogP contribution in [0, 0.1) is 0 Å². The van der Waals surface area contributed by atoms with Gasteiger partial charge >= 0.3 is 36.0 Å². The van der Waals surface area contributed by atoms with Crippen molar-refractivity contribution in [3.8, 4) is 0 Å². The minimum Gasteiger partial charge on any atom is -0.466 e. The SMILES string of the molecule is CCOC(=O)N[C@](Nc1ccc([C@@](O)(C(=O)OC)C(F)(F)F)cc1)(C(=O)OCC)C(F)(F)F. The van der Waals surface area contributed by atoms with E-state index in [2.05, 4.69) is 14.2 Å². The number of ether oxygens (including phenoxy) is 3. The molecule has 0 aliphatic rings. The van der Waals surface area contributed by atoms with E-state index in [1.807, 2.05) is 0 Å². The number of esters is 2. The Morgan fingerprint density at radius 1 is 0.879 bits per heavy atom. The Labute approximate surface area is 183 Å². The number of alkyl carbamates (subject to hydrolysis) is 1. The van der Waals surface area contributed by atoms with E-state index < -0.39 is 59.5 Å². The van der Waals surface area contributed by atoms with Crippen molar-refractivity contribution < 1.29 is 60.0 Å². The largest absolute Gasteiger partial charge is 0.466 e. The van der Waals surface area contributed by atoms with Crippen LogP contribution >= 0.6 is 0 Å². The molecule has 0 bridgehead atoms. The van der Waals surface area contributed by atoms with Crippen molar-refractivity contribution >= 4 is 23.7 Å². The average Bonchev–Trinajstić information content (AvgIpc) is 2.71. The number of amides is 1. The van der Waals surface area contributed by atoms with Gasteiger partial charge in [0.05, 0.1) is 20.3 Å². The summed E-state index contributed by atoms with van der Waals surface area (Å²) in [6, 6.07) is 2.15. The second kappa shape index (κ2) is 10.1. The minimum atomic E-state index is -5.54. The summed E-state index contributed by atoms with van der Waals surface area (Å²) >= 11 is 0. The molecule has 15 heteroatoms. The van der Waals surface area contributed by atoms with Crippen molar-refractivity contribution in [1.29, 1.82) is 0 Å². The summed E-state index contributed by atoms with van der Waals surface area (Å²) < 4.78 is 94.5. The quantitative estimate of drug-likeness (QED) is 0.220. The number of rotatable bonds is 8. The highest BCUT2D eigenvalue weighted by Crippen LogP contribution is 2.41. The van der Waals surface area contributed by atoms with E-state index in [9.17, 15) is 45.8 Å². The Bertz CT molecular complexity index is 859. The molecule has 0 aliphatic carbocycles. The van der Waals surface area contributed by atoms with Gasteiger partial charge in [-0.15, -0.1) is 0 Å². The summed E-state index contributed by atoms with van der Waals surface area (Å²) in [6.07, 6.45) is -12.7. The van der Waals surface area contributed by atoms with Gasteiger partial charge in [-0.05, 0) is 26.0 Å². The Morgan fingerprint density at radius 2 is 1.39 bits per heavy atom. The molecule has 33 heavy (non-hydrogen) atoms. The summed E-state index contributed by atoms with van der Waals surface area (Å²) in [6.45, 7) is 1.62. The molecule has 0 spiro atoms. The molecule has 0 saturated carbocycles. The van der Waals surface area contributed by atoms with E-state index in [1.165, 1.54) is 19.2 Å².